The van der Waals surface area contributed by atoms with Crippen molar-refractivity contribution in [2.45, 2.75) is 70.4 Å². The number of pyridine rings is 1. The van der Waals surface area contributed by atoms with E-state index in [1.165, 1.54) is 32.1 Å². The van der Waals surface area contributed by atoms with Crippen LogP contribution < -0.4 is 5.32 Å². The summed E-state index contributed by atoms with van der Waals surface area (Å²) in [6.45, 7) is 5.25. The Morgan fingerprint density at radius 3 is 2.56 bits per heavy atom. The second kappa shape index (κ2) is 7.73. The molecular weight excluding hydrogens is 314 g/mol. The Kier molecular flexibility index (Phi) is 5.62. The van der Waals surface area contributed by atoms with Gasteiger partial charge in [-0.2, -0.15) is 0 Å². The lowest BCUT2D eigenvalue weighted by Crippen LogP contribution is -2.51. The van der Waals surface area contributed by atoms with Gasteiger partial charge in [-0.1, -0.05) is 25.3 Å². The van der Waals surface area contributed by atoms with Gasteiger partial charge in [0.2, 0.25) is 0 Å². The largest absolute Gasteiger partial charge is 0.383 e. The first-order valence-electron chi connectivity index (χ1n) is 9.69. The van der Waals surface area contributed by atoms with Crippen LogP contribution in [0.3, 0.4) is 0 Å². The minimum Gasteiger partial charge on any atom is -0.383 e. The third-order valence-electron chi connectivity index (χ3n) is 5.97. The fourth-order valence-electron chi connectivity index (χ4n) is 4.12. The number of carbonyl (C=O) groups excluding carboxylic acids is 1. The average Bonchev–Trinajstić information content (AvgIpc) is 2.63. The molecule has 0 bridgehead atoms. The number of hydrogen-bond acceptors (Lipinski definition) is 3. The van der Waals surface area contributed by atoms with E-state index >= 15 is 0 Å². The molecule has 1 atom stereocenters. The van der Waals surface area contributed by atoms with E-state index in [4.69, 9.17) is 0 Å². The zero-order valence-corrected chi connectivity index (χ0v) is 15.5. The molecule has 0 radical (unpaired) electrons. The molecule has 1 saturated heterocycles. The van der Waals surface area contributed by atoms with Crippen LogP contribution in [0.1, 0.15) is 63.1 Å². The number of urea groups is 1. The highest BCUT2D eigenvalue weighted by molar-refractivity contribution is 5.74. The Labute approximate surface area is 150 Å². The van der Waals surface area contributed by atoms with E-state index in [1.807, 2.05) is 24.0 Å². The summed E-state index contributed by atoms with van der Waals surface area (Å²) in [6.07, 6.45) is 9.20. The fraction of sp³-hybridized carbons (Fsp3) is 0.700. The van der Waals surface area contributed by atoms with Crippen LogP contribution in [0.2, 0.25) is 0 Å². The normalized spacial score (nSPS) is 22.4. The molecule has 0 aromatic carbocycles. The van der Waals surface area contributed by atoms with Gasteiger partial charge in [-0.05, 0) is 57.1 Å². The monoisotopic (exact) mass is 345 g/mol. The molecule has 1 aromatic rings. The van der Waals surface area contributed by atoms with Gasteiger partial charge < -0.3 is 15.3 Å². The molecule has 2 fully saturated rings. The number of aromatic nitrogens is 1. The minimum atomic E-state index is -0.917. The Balaban J connectivity index is 1.52. The van der Waals surface area contributed by atoms with Crippen molar-refractivity contribution < 1.29 is 9.90 Å². The highest BCUT2D eigenvalue weighted by Crippen LogP contribution is 2.32. The second-order valence-electron chi connectivity index (χ2n) is 7.88. The van der Waals surface area contributed by atoms with Crippen molar-refractivity contribution in [2.75, 3.05) is 13.1 Å². The number of carbonyl (C=O) groups is 1. The van der Waals surface area contributed by atoms with Gasteiger partial charge in [0.1, 0.15) is 5.60 Å². The van der Waals surface area contributed by atoms with E-state index < -0.39 is 5.60 Å². The topological polar surface area (TPSA) is 65.5 Å². The molecule has 1 aromatic heterocycles. The summed E-state index contributed by atoms with van der Waals surface area (Å²) in [5, 5.41) is 14.1. The van der Waals surface area contributed by atoms with E-state index in [9.17, 15) is 9.90 Å². The van der Waals surface area contributed by atoms with Crippen LogP contribution in [0.5, 0.6) is 0 Å². The zero-order valence-electron chi connectivity index (χ0n) is 15.5. The van der Waals surface area contributed by atoms with Crippen molar-refractivity contribution in [1.29, 1.82) is 0 Å². The van der Waals surface area contributed by atoms with E-state index in [2.05, 4.69) is 17.2 Å². The smallest absolute Gasteiger partial charge is 0.317 e. The van der Waals surface area contributed by atoms with Crippen LogP contribution in [0.15, 0.2) is 18.3 Å². The molecule has 1 aliphatic heterocycles. The molecule has 138 valence electrons. The lowest BCUT2D eigenvalue weighted by Gasteiger charge is -2.38. The Hall–Kier alpha value is -1.62. The number of nitrogens with zero attached hydrogens (tertiary/aromatic N) is 2. The Bertz CT molecular complexity index is 573. The molecule has 0 spiro atoms. The van der Waals surface area contributed by atoms with Gasteiger partial charge in [0.15, 0.2) is 0 Å². The van der Waals surface area contributed by atoms with Gasteiger partial charge in [0.05, 0.1) is 5.69 Å². The summed E-state index contributed by atoms with van der Waals surface area (Å²) in [5.74, 6) is 0.608. The van der Waals surface area contributed by atoms with Gasteiger partial charge in [-0.25, -0.2) is 4.79 Å². The summed E-state index contributed by atoms with van der Waals surface area (Å²) in [7, 11) is 0. The number of likely N-dealkylation sites (tertiary alicyclic amines) is 1. The zero-order chi connectivity index (χ0) is 17.9. The van der Waals surface area contributed by atoms with Crippen molar-refractivity contribution in [3.8, 4) is 0 Å². The maximum atomic E-state index is 12.6. The second-order valence-corrected chi connectivity index (χ2v) is 7.88. The molecule has 0 unspecified atom stereocenters. The summed E-state index contributed by atoms with van der Waals surface area (Å²) in [4.78, 5) is 18.8. The van der Waals surface area contributed by atoms with Crippen LogP contribution in [0.25, 0.3) is 0 Å². The maximum absolute atomic E-state index is 12.6. The molecule has 1 saturated carbocycles. The first kappa shape index (κ1) is 18.2. The van der Waals surface area contributed by atoms with Crippen molar-refractivity contribution in [3.63, 3.8) is 0 Å². The van der Waals surface area contributed by atoms with Crippen LogP contribution >= 0.6 is 0 Å². The van der Waals surface area contributed by atoms with Crippen molar-refractivity contribution in [2.24, 2.45) is 5.92 Å². The molecular formula is C20H31N3O2. The van der Waals surface area contributed by atoms with E-state index in [1.54, 1.807) is 6.20 Å². The van der Waals surface area contributed by atoms with Gasteiger partial charge in [-0.3, -0.25) is 4.98 Å². The molecule has 1 aliphatic carbocycles. The predicted molar refractivity (Wildman–Crippen MR) is 98.2 cm³/mol. The lowest BCUT2D eigenvalue weighted by atomic mass is 9.84. The van der Waals surface area contributed by atoms with Gasteiger partial charge in [0, 0.05) is 25.3 Å². The van der Waals surface area contributed by atoms with Gasteiger partial charge in [-0.15, -0.1) is 0 Å². The number of nitrogens with one attached hydrogen (secondary N) is 1. The molecule has 2 N–H and O–H groups in total. The number of aliphatic hydroxyl groups is 1. The fourth-order valence-corrected chi connectivity index (χ4v) is 4.12. The summed E-state index contributed by atoms with van der Waals surface area (Å²) >= 11 is 0. The SMILES string of the molecule is Cc1ccc(C2(O)CCN(C(=O)N[C@@H](C)C3CCCCC3)CC2)nc1. The summed E-state index contributed by atoms with van der Waals surface area (Å²) in [6, 6.07) is 4.12. The standard InChI is InChI=1S/C20H31N3O2/c1-15-8-9-18(21-14-15)20(25)10-12-23(13-11-20)19(24)22-16(2)17-6-4-3-5-7-17/h8-9,14,16-17,25H,3-7,10-13H2,1-2H3,(H,22,24)/t16-/m0/s1. The quantitative estimate of drug-likeness (QED) is 0.883. The first-order valence-corrected chi connectivity index (χ1v) is 9.69. The minimum absolute atomic E-state index is 0.0111. The van der Waals surface area contributed by atoms with Crippen LogP contribution in [0, 0.1) is 12.8 Å². The summed E-state index contributed by atoms with van der Waals surface area (Å²) < 4.78 is 0. The number of aryl methyl sites for hydroxylation is 1. The summed E-state index contributed by atoms with van der Waals surface area (Å²) in [5.41, 5.74) is 0.883. The van der Waals surface area contributed by atoms with Crippen LogP contribution in [-0.2, 0) is 5.60 Å². The molecule has 5 nitrogen and oxygen atoms in total. The van der Waals surface area contributed by atoms with Gasteiger partial charge in [0.25, 0.3) is 0 Å². The lowest BCUT2D eigenvalue weighted by molar-refractivity contribution is -0.0206. The van der Waals surface area contributed by atoms with Gasteiger partial charge >= 0.3 is 6.03 Å². The van der Waals surface area contributed by atoms with Crippen molar-refractivity contribution in [1.82, 2.24) is 15.2 Å². The third kappa shape index (κ3) is 4.32. The molecule has 3 rings (SSSR count). The molecule has 2 aliphatic rings. The predicted octanol–water partition coefficient (Wildman–Crippen LogP) is 3.35. The van der Waals surface area contributed by atoms with E-state index in [0.29, 0.717) is 37.5 Å². The molecule has 25 heavy (non-hydrogen) atoms. The Morgan fingerprint density at radius 2 is 1.96 bits per heavy atom. The highest BCUT2D eigenvalue weighted by Gasteiger charge is 2.37. The Morgan fingerprint density at radius 1 is 1.28 bits per heavy atom. The van der Waals surface area contributed by atoms with Crippen LogP contribution in [-0.4, -0.2) is 40.2 Å². The number of piperidine rings is 1. The maximum Gasteiger partial charge on any atom is 0.317 e. The van der Waals surface area contributed by atoms with Crippen LogP contribution in [0.4, 0.5) is 4.79 Å². The average molecular weight is 345 g/mol. The number of rotatable bonds is 3. The molecule has 2 heterocycles. The number of amides is 2. The molecule has 2 amide bonds. The molecule has 5 heteroatoms. The van der Waals surface area contributed by atoms with E-state index in [-0.39, 0.29) is 12.1 Å². The first-order chi connectivity index (χ1) is 12.0. The number of hydrogen-bond donors (Lipinski definition) is 2. The van der Waals surface area contributed by atoms with Crippen molar-refractivity contribution in [3.05, 3.63) is 29.6 Å². The van der Waals surface area contributed by atoms with E-state index in [0.717, 1.165) is 5.56 Å². The van der Waals surface area contributed by atoms with Crippen molar-refractivity contribution >= 4 is 6.03 Å². The highest BCUT2D eigenvalue weighted by atomic mass is 16.3. The third-order valence-corrected chi connectivity index (χ3v) is 5.97.